The van der Waals surface area contributed by atoms with Crippen LogP contribution >= 0.6 is 0 Å². The first-order valence-corrected chi connectivity index (χ1v) is 7.56. The lowest BCUT2D eigenvalue weighted by molar-refractivity contribution is -0.137. The second kappa shape index (κ2) is 7.64. The fourth-order valence-electron chi connectivity index (χ4n) is 2.36. The van der Waals surface area contributed by atoms with Gasteiger partial charge in [-0.15, -0.1) is 0 Å². The number of carbonyl (C=O) groups is 2. The van der Waals surface area contributed by atoms with Gasteiger partial charge in [-0.1, -0.05) is 0 Å². The maximum absolute atomic E-state index is 12.5. The van der Waals surface area contributed by atoms with E-state index < -0.39 is 11.5 Å². The Balaban J connectivity index is 2.59. The SMILES string of the molecule is COCCN(C(=O)NC(C)(C)CCC(=O)O)C(C)C1CC1. The van der Waals surface area contributed by atoms with Crippen LogP contribution in [0.3, 0.4) is 0 Å². The first-order chi connectivity index (χ1) is 9.76. The zero-order chi connectivity index (χ0) is 16.0. The molecule has 6 heteroatoms. The van der Waals surface area contributed by atoms with E-state index in [4.69, 9.17) is 9.84 Å². The van der Waals surface area contributed by atoms with Crippen LogP contribution < -0.4 is 5.32 Å². The second-order valence-electron chi connectivity index (χ2n) is 6.47. The van der Waals surface area contributed by atoms with Crippen LogP contribution in [0.4, 0.5) is 4.79 Å². The van der Waals surface area contributed by atoms with Crippen LogP contribution in [0.1, 0.15) is 46.5 Å². The largest absolute Gasteiger partial charge is 0.481 e. The number of methoxy groups -OCH3 is 1. The molecule has 1 fully saturated rings. The van der Waals surface area contributed by atoms with Crippen molar-refractivity contribution in [2.75, 3.05) is 20.3 Å². The van der Waals surface area contributed by atoms with E-state index in [2.05, 4.69) is 12.2 Å². The Morgan fingerprint density at radius 3 is 2.52 bits per heavy atom. The van der Waals surface area contributed by atoms with Crippen molar-refractivity contribution in [2.24, 2.45) is 5.92 Å². The number of aliphatic carboxylic acids is 1. The molecule has 1 rings (SSSR count). The minimum absolute atomic E-state index is 0.0452. The molecule has 2 N–H and O–H groups in total. The third-order valence-corrected chi connectivity index (χ3v) is 4.00. The van der Waals surface area contributed by atoms with E-state index in [0.717, 1.165) is 0 Å². The molecule has 1 atom stereocenters. The van der Waals surface area contributed by atoms with Gasteiger partial charge in [0.2, 0.25) is 0 Å². The molecule has 0 heterocycles. The van der Waals surface area contributed by atoms with Crippen LogP contribution in [0.5, 0.6) is 0 Å². The summed E-state index contributed by atoms with van der Waals surface area (Å²) in [5.74, 6) is -0.269. The van der Waals surface area contributed by atoms with E-state index in [1.165, 1.54) is 12.8 Å². The number of amides is 2. The lowest BCUT2D eigenvalue weighted by atomic mass is 9.98. The lowest BCUT2D eigenvalue weighted by Gasteiger charge is -2.34. The molecule has 0 aromatic heterocycles. The molecule has 0 spiro atoms. The van der Waals surface area contributed by atoms with Crippen LogP contribution in [0.2, 0.25) is 0 Å². The molecule has 1 aliphatic rings. The van der Waals surface area contributed by atoms with Crippen LogP contribution in [0.25, 0.3) is 0 Å². The zero-order valence-corrected chi connectivity index (χ0v) is 13.5. The van der Waals surface area contributed by atoms with Gasteiger partial charge in [-0.05, 0) is 46.0 Å². The highest BCUT2D eigenvalue weighted by Gasteiger charge is 2.35. The molecule has 122 valence electrons. The first-order valence-electron chi connectivity index (χ1n) is 7.56. The van der Waals surface area contributed by atoms with Crippen LogP contribution in [0.15, 0.2) is 0 Å². The summed E-state index contributed by atoms with van der Waals surface area (Å²) in [7, 11) is 1.62. The van der Waals surface area contributed by atoms with Gasteiger partial charge in [0.1, 0.15) is 0 Å². The predicted molar refractivity (Wildman–Crippen MR) is 80.2 cm³/mol. The highest BCUT2D eigenvalue weighted by atomic mass is 16.5. The van der Waals surface area contributed by atoms with Crippen molar-refractivity contribution in [3.63, 3.8) is 0 Å². The van der Waals surface area contributed by atoms with Gasteiger partial charge in [0, 0.05) is 31.7 Å². The molecule has 1 saturated carbocycles. The molecule has 0 radical (unpaired) electrons. The Labute approximate surface area is 126 Å². The third-order valence-electron chi connectivity index (χ3n) is 4.00. The van der Waals surface area contributed by atoms with Crippen molar-refractivity contribution in [1.29, 1.82) is 0 Å². The number of carboxylic acid groups (broad SMARTS) is 1. The molecule has 0 aliphatic heterocycles. The monoisotopic (exact) mass is 300 g/mol. The van der Waals surface area contributed by atoms with Crippen molar-refractivity contribution in [1.82, 2.24) is 10.2 Å². The van der Waals surface area contributed by atoms with E-state index >= 15 is 0 Å². The highest BCUT2D eigenvalue weighted by Crippen LogP contribution is 2.35. The quantitative estimate of drug-likeness (QED) is 0.683. The van der Waals surface area contributed by atoms with Crippen molar-refractivity contribution in [3.05, 3.63) is 0 Å². The van der Waals surface area contributed by atoms with Gasteiger partial charge in [0.15, 0.2) is 0 Å². The number of hydrogen-bond acceptors (Lipinski definition) is 3. The maximum atomic E-state index is 12.5. The van der Waals surface area contributed by atoms with E-state index in [1.54, 1.807) is 7.11 Å². The second-order valence-corrected chi connectivity index (χ2v) is 6.47. The number of carbonyl (C=O) groups excluding carboxylic acids is 1. The molecule has 21 heavy (non-hydrogen) atoms. The van der Waals surface area contributed by atoms with Crippen LogP contribution in [-0.2, 0) is 9.53 Å². The minimum atomic E-state index is -0.847. The van der Waals surface area contributed by atoms with Crippen LogP contribution in [-0.4, -0.2) is 53.8 Å². The fourth-order valence-corrected chi connectivity index (χ4v) is 2.36. The van der Waals surface area contributed by atoms with E-state index in [9.17, 15) is 9.59 Å². The summed E-state index contributed by atoms with van der Waals surface area (Å²) < 4.78 is 5.08. The minimum Gasteiger partial charge on any atom is -0.481 e. The van der Waals surface area contributed by atoms with E-state index in [1.807, 2.05) is 18.7 Å². The Kier molecular flexibility index (Phi) is 6.45. The molecule has 0 bridgehead atoms. The van der Waals surface area contributed by atoms with Gasteiger partial charge >= 0.3 is 12.0 Å². The Morgan fingerprint density at radius 2 is 2.05 bits per heavy atom. The van der Waals surface area contributed by atoms with Crippen molar-refractivity contribution in [2.45, 2.75) is 58.0 Å². The number of nitrogens with zero attached hydrogens (tertiary/aromatic N) is 1. The summed E-state index contributed by atoms with van der Waals surface area (Å²) in [5.41, 5.74) is -0.538. The molecule has 0 aromatic rings. The summed E-state index contributed by atoms with van der Waals surface area (Å²) in [6.45, 7) is 6.82. The Hall–Kier alpha value is -1.30. The lowest BCUT2D eigenvalue weighted by Crippen LogP contribution is -2.53. The molecule has 0 aromatic carbocycles. The molecular weight excluding hydrogens is 272 g/mol. The molecular formula is C15H28N2O4. The van der Waals surface area contributed by atoms with Crippen LogP contribution in [0, 0.1) is 5.92 Å². The molecule has 1 aliphatic carbocycles. The van der Waals surface area contributed by atoms with Gasteiger partial charge in [0.25, 0.3) is 0 Å². The Bertz CT molecular complexity index is 367. The van der Waals surface area contributed by atoms with Crippen molar-refractivity contribution < 1.29 is 19.4 Å². The fraction of sp³-hybridized carbons (Fsp3) is 0.867. The molecule has 0 saturated heterocycles. The van der Waals surface area contributed by atoms with Gasteiger partial charge in [-0.2, -0.15) is 0 Å². The van der Waals surface area contributed by atoms with Gasteiger partial charge < -0.3 is 20.1 Å². The molecule has 2 amide bonds. The van der Waals surface area contributed by atoms with E-state index in [0.29, 0.717) is 25.5 Å². The smallest absolute Gasteiger partial charge is 0.318 e. The number of carboxylic acids is 1. The topological polar surface area (TPSA) is 78.9 Å². The summed E-state index contributed by atoms with van der Waals surface area (Å²) in [6.07, 6.45) is 2.79. The van der Waals surface area contributed by atoms with Gasteiger partial charge in [-0.3, -0.25) is 4.79 Å². The number of nitrogens with one attached hydrogen (secondary N) is 1. The first kappa shape index (κ1) is 17.8. The average Bonchev–Trinajstić information content (AvgIpc) is 3.20. The van der Waals surface area contributed by atoms with Crippen molar-refractivity contribution >= 4 is 12.0 Å². The van der Waals surface area contributed by atoms with Gasteiger partial charge in [-0.25, -0.2) is 4.79 Å². The summed E-state index contributed by atoms with van der Waals surface area (Å²) >= 11 is 0. The zero-order valence-electron chi connectivity index (χ0n) is 13.5. The number of rotatable bonds is 9. The molecule has 6 nitrogen and oxygen atoms in total. The van der Waals surface area contributed by atoms with E-state index in [-0.39, 0.29) is 18.5 Å². The van der Waals surface area contributed by atoms with Crippen molar-refractivity contribution in [3.8, 4) is 0 Å². The maximum Gasteiger partial charge on any atom is 0.318 e. The normalized spacial score (nSPS) is 16.4. The Morgan fingerprint density at radius 1 is 1.43 bits per heavy atom. The molecule has 1 unspecified atom stereocenters. The van der Waals surface area contributed by atoms with Gasteiger partial charge in [0.05, 0.1) is 6.61 Å². The highest BCUT2D eigenvalue weighted by molar-refractivity contribution is 5.75. The average molecular weight is 300 g/mol. The summed E-state index contributed by atoms with van der Waals surface area (Å²) in [6, 6.07) is 0.0530. The number of ether oxygens (including phenoxy) is 1. The summed E-state index contributed by atoms with van der Waals surface area (Å²) in [5, 5.41) is 11.7. The number of hydrogen-bond donors (Lipinski definition) is 2. The standard InChI is InChI=1S/C15H28N2O4/c1-11(12-5-6-12)17(9-10-21-4)14(20)16-15(2,3)8-7-13(18)19/h11-12H,5-10H2,1-4H3,(H,16,20)(H,18,19). The predicted octanol–water partition coefficient (Wildman–Crippen LogP) is 2.09. The summed E-state index contributed by atoms with van der Waals surface area (Å²) in [4.78, 5) is 25.0. The number of urea groups is 1. The third kappa shape index (κ3) is 6.33.